The highest BCUT2D eigenvalue weighted by molar-refractivity contribution is 8.00. The lowest BCUT2D eigenvalue weighted by Crippen LogP contribution is -2.17. The largest absolute Gasteiger partial charge is 0.310 e. The van der Waals surface area contributed by atoms with Gasteiger partial charge in [-0.2, -0.15) is 0 Å². The molecular formula is C51H39NS. The van der Waals surface area contributed by atoms with E-state index in [1.54, 1.807) is 0 Å². The molecule has 0 spiro atoms. The Morgan fingerprint density at radius 1 is 0.566 bits per heavy atom. The van der Waals surface area contributed by atoms with E-state index < -0.39 is 0 Å². The second-order valence-corrected chi connectivity index (χ2v) is 16.7. The molecule has 11 rings (SSSR count). The topological polar surface area (TPSA) is 3.24 Å². The molecule has 0 amide bonds. The summed E-state index contributed by atoms with van der Waals surface area (Å²) in [6.07, 6.45) is 7.22. The van der Waals surface area contributed by atoms with Crippen LogP contribution >= 0.6 is 11.8 Å². The summed E-state index contributed by atoms with van der Waals surface area (Å²) in [5.41, 5.74) is 13.1. The molecule has 0 saturated carbocycles. The first kappa shape index (κ1) is 31.0. The third-order valence-electron chi connectivity index (χ3n) is 12.3. The van der Waals surface area contributed by atoms with Gasteiger partial charge in [0.05, 0.1) is 5.69 Å². The van der Waals surface area contributed by atoms with Crippen LogP contribution in [0.2, 0.25) is 0 Å². The molecule has 0 aromatic heterocycles. The van der Waals surface area contributed by atoms with Crippen LogP contribution in [0.4, 0.5) is 17.1 Å². The average Bonchev–Trinajstić information content (AvgIpc) is 3.70. The highest BCUT2D eigenvalue weighted by atomic mass is 32.2. The number of hydrogen-bond acceptors (Lipinski definition) is 2. The summed E-state index contributed by atoms with van der Waals surface area (Å²) in [6.45, 7) is 4.77. The lowest BCUT2D eigenvalue weighted by Gasteiger charge is -2.31. The van der Waals surface area contributed by atoms with Crippen molar-refractivity contribution in [2.45, 2.75) is 48.2 Å². The Labute approximate surface area is 315 Å². The van der Waals surface area contributed by atoms with Gasteiger partial charge in [0.1, 0.15) is 0 Å². The number of nitrogens with zero attached hydrogens (tertiary/aromatic N) is 1. The summed E-state index contributed by atoms with van der Waals surface area (Å²) >= 11 is 2.07. The molecule has 0 radical (unpaired) electrons. The predicted octanol–water partition coefficient (Wildman–Crippen LogP) is 14.5. The molecule has 0 bridgehead atoms. The Bertz CT molecular complexity index is 2770. The quantitative estimate of drug-likeness (QED) is 0.133. The molecule has 1 heterocycles. The number of fused-ring (bicyclic) bond motifs is 12. The fourth-order valence-electron chi connectivity index (χ4n) is 9.77. The lowest BCUT2D eigenvalue weighted by atomic mass is 9.82. The van der Waals surface area contributed by atoms with Crippen LogP contribution in [-0.2, 0) is 5.41 Å². The summed E-state index contributed by atoms with van der Waals surface area (Å²) in [7, 11) is 0. The van der Waals surface area contributed by atoms with Crippen LogP contribution in [0.5, 0.6) is 0 Å². The minimum Gasteiger partial charge on any atom is -0.310 e. The van der Waals surface area contributed by atoms with Gasteiger partial charge < -0.3 is 4.90 Å². The van der Waals surface area contributed by atoms with Gasteiger partial charge in [-0.15, -0.1) is 11.8 Å². The summed E-state index contributed by atoms with van der Waals surface area (Å²) in [5, 5.41) is 8.25. The molecule has 2 unspecified atom stereocenters. The summed E-state index contributed by atoms with van der Waals surface area (Å²) in [6, 6.07) is 57.2. The maximum absolute atomic E-state index is 2.56. The molecule has 1 nitrogen and oxygen atoms in total. The molecule has 53 heavy (non-hydrogen) atoms. The first-order chi connectivity index (χ1) is 26.1. The standard InChI is InChI=1S/C51H39NS/c1-51(2)45-22-12-10-20-40(45)41-27-25-34(31-46(41)51)52(33-24-26-39-37-18-7-6-16-35(37)36-17-8-9-19-38(36)44(39)30-33)47-29-28-43-42-21-11-13-23-48(42)53-50(43)49(47)32-14-4-3-5-15-32/h3-10,12-20,22-31,42,48H,11,21H2,1-2H3. The molecule has 3 aliphatic rings. The van der Waals surface area contributed by atoms with E-state index in [9.17, 15) is 0 Å². The van der Waals surface area contributed by atoms with Crippen molar-refractivity contribution in [2.75, 3.05) is 4.90 Å². The molecule has 2 aliphatic carbocycles. The van der Waals surface area contributed by atoms with Crippen molar-refractivity contribution in [3.05, 3.63) is 181 Å². The van der Waals surface area contributed by atoms with Gasteiger partial charge in [0.2, 0.25) is 0 Å². The van der Waals surface area contributed by atoms with E-state index >= 15 is 0 Å². The highest BCUT2D eigenvalue weighted by Gasteiger charge is 2.38. The van der Waals surface area contributed by atoms with Crippen molar-refractivity contribution in [3.63, 3.8) is 0 Å². The van der Waals surface area contributed by atoms with Gasteiger partial charge in [0.25, 0.3) is 0 Å². The smallest absolute Gasteiger partial charge is 0.0551 e. The van der Waals surface area contributed by atoms with Crippen molar-refractivity contribution in [1.82, 2.24) is 0 Å². The predicted molar refractivity (Wildman–Crippen MR) is 227 cm³/mol. The Hall–Kier alpha value is -5.57. The maximum atomic E-state index is 2.56. The number of rotatable bonds is 4. The van der Waals surface area contributed by atoms with E-state index in [1.807, 2.05) is 0 Å². The summed E-state index contributed by atoms with van der Waals surface area (Å²) < 4.78 is 0. The first-order valence-corrected chi connectivity index (χ1v) is 19.9. The molecule has 8 aromatic carbocycles. The molecular weight excluding hydrogens is 659 g/mol. The average molecular weight is 698 g/mol. The van der Waals surface area contributed by atoms with Crippen LogP contribution in [0.15, 0.2) is 169 Å². The fourth-order valence-corrected chi connectivity index (χ4v) is 11.4. The number of allylic oxidation sites excluding steroid dienone is 1. The monoisotopic (exact) mass is 697 g/mol. The molecule has 0 fully saturated rings. The van der Waals surface area contributed by atoms with Gasteiger partial charge in [-0.1, -0.05) is 147 Å². The Kier molecular flexibility index (Phi) is 6.85. The fraction of sp³-hybridized carbons (Fsp3) is 0.137. The van der Waals surface area contributed by atoms with Crippen LogP contribution in [0.1, 0.15) is 49.3 Å². The molecule has 254 valence electrons. The zero-order chi connectivity index (χ0) is 35.3. The number of thioether (sulfide) groups is 1. The maximum Gasteiger partial charge on any atom is 0.0551 e. The zero-order valence-corrected chi connectivity index (χ0v) is 30.8. The molecule has 2 heteroatoms. The number of hydrogen-bond donors (Lipinski definition) is 0. The molecule has 8 aromatic rings. The van der Waals surface area contributed by atoms with E-state index in [2.05, 4.69) is 194 Å². The normalized spacial score (nSPS) is 17.8. The zero-order valence-electron chi connectivity index (χ0n) is 30.0. The highest BCUT2D eigenvalue weighted by Crippen LogP contribution is 2.57. The molecule has 2 atom stereocenters. The Morgan fingerprint density at radius 3 is 1.96 bits per heavy atom. The lowest BCUT2D eigenvalue weighted by molar-refractivity contribution is 0.634. The second-order valence-electron chi connectivity index (χ2n) is 15.5. The summed E-state index contributed by atoms with van der Waals surface area (Å²) in [4.78, 5) is 4.00. The second kappa shape index (κ2) is 11.7. The first-order valence-electron chi connectivity index (χ1n) is 19.0. The summed E-state index contributed by atoms with van der Waals surface area (Å²) in [5.74, 6) is 0.560. The van der Waals surface area contributed by atoms with Gasteiger partial charge in [-0.25, -0.2) is 0 Å². The molecule has 0 saturated heterocycles. The van der Waals surface area contributed by atoms with E-state index in [4.69, 9.17) is 0 Å². The minimum atomic E-state index is -0.107. The van der Waals surface area contributed by atoms with E-state index in [-0.39, 0.29) is 5.41 Å². The third kappa shape index (κ3) is 4.58. The van der Waals surface area contributed by atoms with Crippen LogP contribution in [0, 0.1) is 0 Å². The van der Waals surface area contributed by atoms with Crippen LogP contribution in [0.3, 0.4) is 0 Å². The SMILES string of the molecule is CC1(C)c2ccccc2-c2ccc(N(c3ccc4c5ccccc5c5ccccc5c4c3)c3ccc4c(c3-c3ccccc3)SC3C=CCCC43)cc21. The van der Waals surface area contributed by atoms with Crippen molar-refractivity contribution in [3.8, 4) is 22.3 Å². The van der Waals surface area contributed by atoms with Gasteiger partial charge >= 0.3 is 0 Å². The van der Waals surface area contributed by atoms with Gasteiger partial charge in [-0.3, -0.25) is 0 Å². The van der Waals surface area contributed by atoms with Crippen molar-refractivity contribution < 1.29 is 0 Å². The number of anilines is 3. The van der Waals surface area contributed by atoms with Gasteiger partial charge in [-0.05, 0) is 109 Å². The number of benzene rings is 8. The van der Waals surface area contributed by atoms with E-state index in [1.165, 1.54) is 99.6 Å². The Morgan fingerprint density at radius 2 is 1.19 bits per heavy atom. The van der Waals surface area contributed by atoms with Gasteiger partial charge in [0, 0.05) is 38.4 Å². The third-order valence-corrected chi connectivity index (χ3v) is 13.7. The van der Waals surface area contributed by atoms with Crippen molar-refractivity contribution in [2.24, 2.45) is 0 Å². The van der Waals surface area contributed by atoms with Crippen molar-refractivity contribution >= 4 is 61.1 Å². The molecule has 0 N–H and O–H groups in total. The van der Waals surface area contributed by atoms with Gasteiger partial charge in [0.15, 0.2) is 0 Å². The minimum absolute atomic E-state index is 0.107. The van der Waals surface area contributed by atoms with Crippen LogP contribution < -0.4 is 4.90 Å². The van der Waals surface area contributed by atoms with E-state index in [0.29, 0.717) is 11.2 Å². The van der Waals surface area contributed by atoms with E-state index in [0.717, 1.165) is 6.42 Å². The van der Waals surface area contributed by atoms with Crippen LogP contribution in [-0.4, -0.2) is 5.25 Å². The van der Waals surface area contributed by atoms with Crippen LogP contribution in [0.25, 0.3) is 54.6 Å². The molecule has 1 aliphatic heterocycles. The Balaban J connectivity index is 1.21. The van der Waals surface area contributed by atoms with Crippen molar-refractivity contribution in [1.29, 1.82) is 0 Å².